The van der Waals surface area contributed by atoms with E-state index < -0.39 is 0 Å². The SMILES string of the molecule is CC(C)(C)c1nc2cc(I)ccc2c(=O)[nH]1. The van der Waals surface area contributed by atoms with Gasteiger partial charge in [0.1, 0.15) is 5.82 Å². The molecule has 1 aromatic carbocycles. The topological polar surface area (TPSA) is 45.8 Å². The summed E-state index contributed by atoms with van der Waals surface area (Å²) in [7, 11) is 0. The van der Waals surface area contributed by atoms with E-state index in [1.54, 1.807) is 0 Å². The number of hydrogen-bond donors (Lipinski definition) is 1. The first-order chi connectivity index (χ1) is 7.38. The molecule has 0 fully saturated rings. The van der Waals surface area contributed by atoms with Crippen LogP contribution in [0.4, 0.5) is 0 Å². The largest absolute Gasteiger partial charge is 0.310 e. The van der Waals surface area contributed by atoms with E-state index in [1.165, 1.54) is 0 Å². The molecule has 0 atom stereocenters. The maximum atomic E-state index is 11.9. The minimum Gasteiger partial charge on any atom is -0.310 e. The third-order valence-corrected chi connectivity index (χ3v) is 3.05. The number of hydrogen-bond acceptors (Lipinski definition) is 2. The molecule has 2 rings (SSSR count). The molecule has 4 heteroatoms. The van der Waals surface area contributed by atoms with Gasteiger partial charge in [-0.1, -0.05) is 20.8 Å². The standard InChI is InChI=1S/C12H13IN2O/c1-12(2,3)11-14-9-6-7(13)4-5-8(9)10(16)15-11/h4-6H,1-3H3,(H,14,15,16). The van der Waals surface area contributed by atoms with Crippen molar-refractivity contribution < 1.29 is 0 Å². The summed E-state index contributed by atoms with van der Waals surface area (Å²) >= 11 is 2.22. The molecule has 0 amide bonds. The average molecular weight is 328 g/mol. The number of nitrogens with zero attached hydrogens (tertiary/aromatic N) is 1. The lowest BCUT2D eigenvalue weighted by atomic mass is 9.95. The fraction of sp³-hybridized carbons (Fsp3) is 0.333. The fourth-order valence-electron chi connectivity index (χ4n) is 1.47. The smallest absolute Gasteiger partial charge is 0.258 e. The Morgan fingerprint density at radius 2 is 2.00 bits per heavy atom. The van der Waals surface area contributed by atoms with E-state index in [0.29, 0.717) is 5.39 Å². The van der Waals surface area contributed by atoms with Gasteiger partial charge in [0, 0.05) is 8.99 Å². The summed E-state index contributed by atoms with van der Waals surface area (Å²) in [6, 6.07) is 5.66. The number of H-pyrrole nitrogens is 1. The Morgan fingerprint density at radius 1 is 1.31 bits per heavy atom. The van der Waals surface area contributed by atoms with Crippen molar-refractivity contribution in [3.8, 4) is 0 Å². The van der Waals surface area contributed by atoms with E-state index in [9.17, 15) is 4.79 Å². The normalized spacial score (nSPS) is 12.0. The Morgan fingerprint density at radius 3 is 2.62 bits per heavy atom. The van der Waals surface area contributed by atoms with Crippen LogP contribution in [0.2, 0.25) is 0 Å². The summed E-state index contributed by atoms with van der Waals surface area (Å²) in [5.74, 6) is 0.729. The highest BCUT2D eigenvalue weighted by Gasteiger charge is 2.17. The number of benzene rings is 1. The zero-order valence-electron chi connectivity index (χ0n) is 9.47. The molecule has 1 N–H and O–H groups in total. The van der Waals surface area contributed by atoms with Crippen molar-refractivity contribution in [3.05, 3.63) is 37.9 Å². The molecule has 1 aromatic heterocycles. The first-order valence-electron chi connectivity index (χ1n) is 5.08. The molecular weight excluding hydrogens is 315 g/mol. The maximum absolute atomic E-state index is 11.9. The van der Waals surface area contributed by atoms with E-state index in [4.69, 9.17) is 0 Å². The number of halogens is 1. The number of aromatic nitrogens is 2. The Kier molecular flexibility index (Phi) is 2.77. The lowest BCUT2D eigenvalue weighted by Crippen LogP contribution is -2.22. The monoisotopic (exact) mass is 328 g/mol. The highest BCUT2D eigenvalue weighted by Crippen LogP contribution is 2.19. The number of rotatable bonds is 0. The van der Waals surface area contributed by atoms with Crippen LogP contribution in [-0.4, -0.2) is 9.97 Å². The van der Waals surface area contributed by atoms with Gasteiger partial charge in [-0.15, -0.1) is 0 Å². The predicted octanol–water partition coefficient (Wildman–Crippen LogP) is 2.83. The zero-order valence-corrected chi connectivity index (χ0v) is 11.6. The third kappa shape index (κ3) is 2.11. The summed E-state index contributed by atoms with van der Waals surface area (Å²) in [5, 5.41) is 0.647. The van der Waals surface area contributed by atoms with Crippen LogP contribution in [0.5, 0.6) is 0 Å². The van der Waals surface area contributed by atoms with E-state index in [2.05, 4.69) is 32.6 Å². The van der Waals surface area contributed by atoms with E-state index in [1.807, 2.05) is 39.0 Å². The van der Waals surface area contributed by atoms with Crippen molar-refractivity contribution in [1.82, 2.24) is 9.97 Å². The van der Waals surface area contributed by atoms with Gasteiger partial charge in [0.15, 0.2) is 0 Å². The summed E-state index contributed by atoms with van der Waals surface area (Å²) in [5.41, 5.74) is 0.557. The molecule has 0 bridgehead atoms. The van der Waals surface area contributed by atoms with Crippen molar-refractivity contribution in [1.29, 1.82) is 0 Å². The van der Waals surface area contributed by atoms with Crippen LogP contribution in [0.1, 0.15) is 26.6 Å². The van der Waals surface area contributed by atoms with Crippen molar-refractivity contribution in [2.75, 3.05) is 0 Å². The molecule has 84 valence electrons. The molecule has 0 saturated heterocycles. The van der Waals surface area contributed by atoms with Crippen molar-refractivity contribution in [3.63, 3.8) is 0 Å². The molecule has 0 radical (unpaired) electrons. The third-order valence-electron chi connectivity index (χ3n) is 2.38. The predicted molar refractivity (Wildman–Crippen MR) is 73.8 cm³/mol. The Bertz CT molecular complexity index is 596. The van der Waals surface area contributed by atoms with Gasteiger partial charge >= 0.3 is 0 Å². The van der Waals surface area contributed by atoms with Crippen LogP contribution in [0, 0.1) is 3.57 Å². The van der Waals surface area contributed by atoms with Gasteiger partial charge in [-0.2, -0.15) is 0 Å². The fourth-order valence-corrected chi connectivity index (χ4v) is 1.94. The van der Waals surface area contributed by atoms with Gasteiger partial charge in [0.25, 0.3) is 5.56 Å². The number of aromatic amines is 1. The van der Waals surface area contributed by atoms with E-state index >= 15 is 0 Å². The van der Waals surface area contributed by atoms with Crippen molar-refractivity contribution >= 4 is 33.5 Å². The quantitative estimate of drug-likeness (QED) is 0.756. The first kappa shape index (κ1) is 11.6. The molecule has 1 heterocycles. The molecule has 3 nitrogen and oxygen atoms in total. The lowest BCUT2D eigenvalue weighted by Gasteiger charge is -2.17. The summed E-state index contributed by atoms with van der Waals surface area (Å²) in [6.45, 7) is 6.10. The molecule has 0 aliphatic rings. The van der Waals surface area contributed by atoms with E-state index in [0.717, 1.165) is 14.9 Å². The van der Waals surface area contributed by atoms with Gasteiger partial charge in [0.2, 0.25) is 0 Å². The van der Waals surface area contributed by atoms with Crippen LogP contribution in [0.25, 0.3) is 10.9 Å². The van der Waals surface area contributed by atoms with Crippen molar-refractivity contribution in [2.24, 2.45) is 0 Å². The maximum Gasteiger partial charge on any atom is 0.258 e. The number of nitrogens with one attached hydrogen (secondary N) is 1. The van der Waals surface area contributed by atoms with Crippen LogP contribution < -0.4 is 5.56 Å². The molecule has 0 spiro atoms. The van der Waals surface area contributed by atoms with Crippen LogP contribution in [0.3, 0.4) is 0 Å². The summed E-state index contributed by atoms with van der Waals surface area (Å²) in [6.07, 6.45) is 0. The van der Waals surface area contributed by atoms with Crippen molar-refractivity contribution in [2.45, 2.75) is 26.2 Å². The molecular formula is C12H13IN2O. The molecule has 0 unspecified atom stereocenters. The van der Waals surface area contributed by atoms with Gasteiger partial charge in [0.05, 0.1) is 10.9 Å². The second-order valence-electron chi connectivity index (χ2n) is 4.83. The zero-order chi connectivity index (χ0) is 11.9. The summed E-state index contributed by atoms with van der Waals surface area (Å²) in [4.78, 5) is 19.2. The molecule has 0 aliphatic carbocycles. The van der Waals surface area contributed by atoms with Crippen LogP contribution >= 0.6 is 22.6 Å². The van der Waals surface area contributed by atoms with Gasteiger partial charge in [-0.05, 0) is 40.8 Å². The first-order valence-corrected chi connectivity index (χ1v) is 6.16. The highest BCUT2D eigenvalue weighted by molar-refractivity contribution is 14.1. The van der Waals surface area contributed by atoms with Crippen LogP contribution in [0.15, 0.2) is 23.0 Å². The lowest BCUT2D eigenvalue weighted by molar-refractivity contribution is 0.546. The summed E-state index contributed by atoms with van der Waals surface area (Å²) < 4.78 is 1.09. The molecule has 0 saturated carbocycles. The van der Waals surface area contributed by atoms with Crippen LogP contribution in [-0.2, 0) is 5.41 Å². The van der Waals surface area contributed by atoms with Gasteiger partial charge < -0.3 is 4.98 Å². The van der Waals surface area contributed by atoms with E-state index in [-0.39, 0.29) is 11.0 Å². The Hall–Kier alpha value is -0.910. The minimum atomic E-state index is -0.144. The Balaban J connectivity index is 2.80. The molecule has 16 heavy (non-hydrogen) atoms. The second-order valence-corrected chi connectivity index (χ2v) is 6.07. The van der Waals surface area contributed by atoms with Gasteiger partial charge in [-0.3, -0.25) is 4.79 Å². The minimum absolute atomic E-state index is 0.0636. The highest BCUT2D eigenvalue weighted by atomic mass is 127. The Labute approximate surface area is 107 Å². The average Bonchev–Trinajstić information content (AvgIpc) is 2.15. The molecule has 0 aliphatic heterocycles. The second kappa shape index (κ2) is 3.84. The van der Waals surface area contributed by atoms with Gasteiger partial charge in [-0.25, -0.2) is 4.98 Å². The number of fused-ring (bicyclic) bond motifs is 1. The molecule has 2 aromatic rings.